The van der Waals surface area contributed by atoms with Crippen molar-refractivity contribution >= 4 is 17.7 Å². The second-order valence-electron chi connectivity index (χ2n) is 5.08. The number of thioether (sulfide) groups is 1. The number of para-hydroxylation sites is 1. The van der Waals surface area contributed by atoms with Gasteiger partial charge < -0.3 is 18.8 Å². The molecule has 1 aliphatic heterocycles. The lowest BCUT2D eigenvalue weighted by atomic mass is 10.2. The largest absolute Gasteiger partial charge is 0.493 e. The van der Waals surface area contributed by atoms with Crippen LogP contribution < -0.4 is 4.74 Å². The Kier molecular flexibility index (Phi) is 5.71. The number of ether oxygens (including phenoxy) is 2. The Morgan fingerprint density at radius 2 is 2.08 bits per heavy atom. The average molecular weight is 349 g/mol. The number of rotatable bonds is 6. The molecule has 1 aromatic carbocycles. The van der Waals surface area contributed by atoms with Crippen LogP contribution >= 0.6 is 11.8 Å². The van der Waals surface area contributed by atoms with Crippen LogP contribution in [0.3, 0.4) is 0 Å². The molecule has 1 amide bonds. The van der Waals surface area contributed by atoms with Gasteiger partial charge in [0.25, 0.3) is 11.1 Å². The van der Waals surface area contributed by atoms with Gasteiger partial charge in [0.05, 0.1) is 31.1 Å². The van der Waals surface area contributed by atoms with E-state index in [0.717, 1.165) is 5.56 Å². The maximum Gasteiger partial charge on any atom is 0.277 e. The second kappa shape index (κ2) is 8.16. The van der Waals surface area contributed by atoms with Gasteiger partial charge in [0.1, 0.15) is 5.75 Å². The van der Waals surface area contributed by atoms with Crippen LogP contribution in [-0.2, 0) is 9.53 Å². The average Bonchev–Trinajstić information content (AvgIpc) is 3.10. The van der Waals surface area contributed by atoms with E-state index in [1.165, 1.54) is 11.8 Å². The molecule has 0 radical (unpaired) electrons. The van der Waals surface area contributed by atoms with E-state index in [1.54, 1.807) is 4.90 Å². The zero-order chi connectivity index (χ0) is 16.8. The van der Waals surface area contributed by atoms with E-state index in [-0.39, 0.29) is 11.7 Å². The topological polar surface area (TPSA) is 77.7 Å². The fraction of sp³-hybridized carbons (Fsp3) is 0.438. The highest BCUT2D eigenvalue weighted by atomic mass is 32.2. The Morgan fingerprint density at radius 1 is 1.29 bits per heavy atom. The van der Waals surface area contributed by atoms with Gasteiger partial charge in [-0.3, -0.25) is 4.79 Å². The van der Waals surface area contributed by atoms with Gasteiger partial charge in [0.15, 0.2) is 0 Å². The molecule has 2 heterocycles. The molecule has 3 rings (SSSR count). The fourth-order valence-electron chi connectivity index (χ4n) is 2.33. The zero-order valence-electron chi connectivity index (χ0n) is 13.4. The van der Waals surface area contributed by atoms with E-state index in [9.17, 15) is 4.79 Å². The molecule has 128 valence electrons. The van der Waals surface area contributed by atoms with E-state index in [2.05, 4.69) is 10.2 Å². The fourth-order valence-corrected chi connectivity index (χ4v) is 3.00. The summed E-state index contributed by atoms with van der Waals surface area (Å²) in [6.45, 7) is 4.93. The van der Waals surface area contributed by atoms with Gasteiger partial charge in [-0.1, -0.05) is 23.9 Å². The van der Waals surface area contributed by atoms with Crippen molar-refractivity contribution in [3.8, 4) is 17.2 Å². The molecule has 0 N–H and O–H groups in total. The van der Waals surface area contributed by atoms with Crippen LogP contribution in [0.2, 0.25) is 0 Å². The van der Waals surface area contributed by atoms with Crippen LogP contribution in [0, 0.1) is 0 Å². The lowest BCUT2D eigenvalue weighted by Crippen LogP contribution is -2.41. The molecule has 0 spiro atoms. The highest BCUT2D eigenvalue weighted by Gasteiger charge is 2.19. The van der Waals surface area contributed by atoms with Gasteiger partial charge in [0, 0.05) is 13.1 Å². The predicted octanol–water partition coefficient (Wildman–Crippen LogP) is 2.09. The maximum atomic E-state index is 12.1. The molecule has 1 aromatic heterocycles. The van der Waals surface area contributed by atoms with E-state index in [0.29, 0.717) is 49.8 Å². The SMILES string of the molecule is CCOc1ccccc1-c1nnc(SCC(=O)N2CCOCC2)o1. The Hall–Kier alpha value is -2.06. The van der Waals surface area contributed by atoms with E-state index < -0.39 is 0 Å². The highest BCUT2D eigenvalue weighted by Crippen LogP contribution is 2.30. The van der Waals surface area contributed by atoms with Crippen LogP contribution in [-0.4, -0.2) is 59.7 Å². The summed E-state index contributed by atoms with van der Waals surface area (Å²) in [7, 11) is 0. The molecule has 1 fully saturated rings. The first-order chi connectivity index (χ1) is 11.8. The minimum atomic E-state index is 0.0535. The monoisotopic (exact) mass is 349 g/mol. The Morgan fingerprint density at radius 3 is 2.88 bits per heavy atom. The Bertz CT molecular complexity index is 685. The van der Waals surface area contributed by atoms with Crippen molar-refractivity contribution in [1.29, 1.82) is 0 Å². The molecule has 0 aliphatic carbocycles. The summed E-state index contributed by atoms with van der Waals surface area (Å²) < 4.78 is 16.5. The molecule has 0 atom stereocenters. The maximum absolute atomic E-state index is 12.1. The molecular weight excluding hydrogens is 330 g/mol. The van der Waals surface area contributed by atoms with Crippen LogP contribution in [0.15, 0.2) is 33.9 Å². The number of carbonyl (C=O) groups is 1. The summed E-state index contributed by atoms with van der Waals surface area (Å²) in [6.07, 6.45) is 0. The van der Waals surface area contributed by atoms with Crippen LogP contribution in [0.1, 0.15) is 6.92 Å². The third kappa shape index (κ3) is 4.07. The number of hydrogen-bond donors (Lipinski definition) is 0. The lowest BCUT2D eigenvalue weighted by Gasteiger charge is -2.26. The summed E-state index contributed by atoms with van der Waals surface area (Å²) in [4.78, 5) is 13.9. The highest BCUT2D eigenvalue weighted by molar-refractivity contribution is 7.99. The summed E-state index contributed by atoms with van der Waals surface area (Å²) in [6, 6.07) is 7.50. The third-order valence-corrected chi connectivity index (χ3v) is 4.31. The van der Waals surface area contributed by atoms with Crippen LogP contribution in [0.4, 0.5) is 0 Å². The van der Waals surface area contributed by atoms with Crippen LogP contribution in [0.5, 0.6) is 5.75 Å². The van der Waals surface area contributed by atoms with Gasteiger partial charge in [-0.15, -0.1) is 10.2 Å². The number of amides is 1. The van der Waals surface area contributed by atoms with Gasteiger partial charge in [-0.2, -0.15) is 0 Å². The van der Waals surface area contributed by atoms with Gasteiger partial charge >= 0.3 is 0 Å². The normalized spacial score (nSPS) is 14.6. The number of hydrogen-bond acceptors (Lipinski definition) is 7. The molecule has 7 nitrogen and oxygen atoms in total. The molecule has 24 heavy (non-hydrogen) atoms. The Labute approximate surface area is 144 Å². The molecule has 1 saturated heterocycles. The summed E-state index contributed by atoms with van der Waals surface area (Å²) in [5.41, 5.74) is 0.748. The van der Waals surface area contributed by atoms with E-state index >= 15 is 0 Å². The summed E-state index contributed by atoms with van der Waals surface area (Å²) >= 11 is 1.24. The first kappa shape index (κ1) is 16.8. The quantitative estimate of drug-likeness (QED) is 0.739. The lowest BCUT2D eigenvalue weighted by molar-refractivity contribution is -0.132. The van der Waals surface area contributed by atoms with Crippen molar-refractivity contribution in [3.05, 3.63) is 24.3 Å². The second-order valence-corrected chi connectivity index (χ2v) is 6.01. The third-order valence-electron chi connectivity index (χ3n) is 3.51. The summed E-state index contributed by atoms with van der Waals surface area (Å²) in [5.74, 6) is 1.41. The number of morpholine rings is 1. The standard InChI is InChI=1S/C16H19N3O4S/c1-2-22-13-6-4-3-5-12(13)15-17-18-16(23-15)24-11-14(20)19-7-9-21-10-8-19/h3-6H,2,7-11H2,1H3. The zero-order valence-corrected chi connectivity index (χ0v) is 14.3. The molecule has 8 heteroatoms. The molecule has 0 saturated carbocycles. The van der Waals surface area contributed by atoms with E-state index in [4.69, 9.17) is 13.9 Å². The van der Waals surface area contributed by atoms with Crippen molar-refractivity contribution in [3.63, 3.8) is 0 Å². The smallest absolute Gasteiger partial charge is 0.277 e. The number of benzene rings is 1. The van der Waals surface area contributed by atoms with Crippen molar-refractivity contribution in [2.45, 2.75) is 12.1 Å². The molecule has 1 aliphatic rings. The Balaban J connectivity index is 1.62. The first-order valence-corrected chi connectivity index (χ1v) is 8.80. The van der Waals surface area contributed by atoms with Gasteiger partial charge in [-0.05, 0) is 19.1 Å². The van der Waals surface area contributed by atoms with Crippen molar-refractivity contribution < 1.29 is 18.7 Å². The molecule has 0 bridgehead atoms. The van der Waals surface area contributed by atoms with E-state index in [1.807, 2.05) is 31.2 Å². The molecular formula is C16H19N3O4S. The minimum Gasteiger partial charge on any atom is -0.493 e. The minimum absolute atomic E-state index is 0.0535. The van der Waals surface area contributed by atoms with Crippen molar-refractivity contribution in [2.75, 3.05) is 38.7 Å². The first-order valence-electron chi connectivity index (χ1n) is 7.82. The molecule has 0 unspecified atom stereocenters. The number of nitrogens with zero attached hydrogens (tertiary/aromatic N) is 3. The predicted molar refractivity (Wildman–Crippen MR) is 89.0 cm³/mol. The number of aromatic nitrogens is 2. The molecule has 2 aromatic rings. The number of carbonyl (C=O) groups excluding carboxylic acids is 1. The summed E-state index contributed by atoms with van der Waals surface area (Å²) in [5, 5.41) is 8.44. The van der Waals surface area contributed by atoms with Crippen LogP contribution in [0.25, 0.3) is 11.5 Å². The van der Waals surface area contributed by atoms with Gasteiger partial charge in [-0.25, -0.2) is 0 Å². The van der Waals surface area contributed by atoms with Crippen molar-refractivity contribution in [1.82, 2.24) is 15.1 Å². The van der Waals surface area contributed by atoms with Crippen molar-refractivity contribution in [2.24, 2.45) is 0 Å². The van der Waals surface area contributed by atoms with Gasteiger partial charge in [0.2, 0.25) is 5.91 Å².